The Kier molecular flexibility index (Phi) is 7.90. The molecule has 0 saturated carbocycles. The van der Waals surface area contributed by atoms with Crippen molar-refractivity contribution in [3.05, 3.63) is 65.5 Å². The lowest BCUT2D eigenvalue weighted by Gasteiger charge is -2.22. The van der Waals surface area contributed by atoms with Crippen LogP contribution in [0.2, 0.25) is 0 Å². The third-order valence-corrected chi connectivity index (χ3v) is 8.16. The minimum absolute atomic E-state index is 0.0859. The predicted octanol–water partition coefficient (Wildman–Crippen LogP) is 2.08. The molecule has 9 nitrogen and oxygen atoms in total. The topological polar surface area (TPSA) is 130 Å². The van der Waals surface area contributed by atoms with Crippen LogP contribution in [0.25, 0.3) is 11.0 Å². The van der Waals surface area contributed by atoms with Gasteiger partial charge in [-0.3, -0.25) is 9.59 Å². The molecule has 204 valence electrons. The largest absolute Gasteiger partial charge is 0.449 e. The molecule has 1 aliphatic rings. The first-order chi connectivity index (χ1) is 17.9. The van der Waals surface area contributed by atoms with Gasteiger partial charge in [0, 0.05) is 26.1 Å². The number of benzene rings is 2. The third kappa shape index (κ3) is 6.05. The van der Waals surface area contributed by atoms with E-state index in [1.807, 2.05) is 24.3 Å². The number of hydrogen-bond acceptors (Lipinski definition) is 7. The Balaban J connectivity index is 1.29. The number of fused-ring (bicyclic) bond motifs is 2. The monoisotopic (exact) mass is 553 g/mol. The van der Waals surface area contributed by atoms with Crippen LogP contribution in [0.4, 0.5) is 13.2 Å². The standard InChI is InChI=1S/C25H26F3N3O6S/c26-25(27,28)24-29-18-8-3-4-9-19(18)31(24)11-13-38(36,37)12-5-10-20(32)21(33)22(34)23(35)30-14-16-6-1-2-7-17(16)15-30/h1-4,6-9,21-22,33-34H,5,10-15H2/t21-,22+/m0/s1. The second-order valence-corrected chi connectivity index (χ2v) is 11.5. The fourth-order valence-corrected chi connectivity index (χ4v) is 5.70. The second-order valence-electron chi connectivity index (χ2n) is 9.15. The predicted molar refractivity (Wildman–Crippen MR) is 130 cm³/mol. The van der Waals surface area contributed by atoms with Crippen LogP contribution in [0.15, 0.2) is 48.5 Å². The first-order valence-electron chi connectivity index (χ1n) is 11.8. The molecule has 13 heteroatoms. The van der Waals surface area contributed by atoms with Crippen LogP contribution in [0.5, 0.6) is 0 Å². The molecule has 0 unspecified atom stereocenters. The highest BCUT2D eigenvalue weighted by Crippen LogP contribution is 2.31. The number of aliphatic hydroxyl groups excluding tert-OH is 2. The zero-order valence-corrected chi connectivity index (χ0v) is 21.0. The van der Waals surface area contributed by atoms with Gasteiger partial charge in [0.05, 0.1) is 22.5 Å². The van der Waals surface area contributed by atoms with Crippen molar-refractivity contribution >= 4 is 32.6 Å². The van der Waals surface area contributed by atoms with Crippen molar-refractivity contribution in [2.24, 2.45) is 0 Å². The molecule has 0 spiro atoms. The van der Waals surface area contributed by atoms with Crippen molar-refractivity contribution in [1.82, 2.24) is 14.5 Å². The minimum atomic E-state index is -4.78. The Morgan fingerprint density at radius 1 is 0.947 bits per heavy atom. The van der Waals surface area contributed by atoms with Crippen molar-refractivity contribution in [3.8, 4) is 0 Å². The van der Waals surface area contributed by atoms with Gasteiger partial charge in [0.15, 0.2) is 21.7 Å². The Labute approximate surface area is 216 Å². The van der Waals surface area contributed by atoms with E-state index in [4.69, 9.17) is 0 Å². The van der Waals surface area contributed by atoms with Gasteiger partial charge in [-0.25, -0.2) is 13.4 Å². The fourth-order valence-electron chi connectivity index (χ4n) is 4.45. The number of carbonyl (C=O) groups is 2. The molecule has 2 heterocycles. The summed E-state index contributed by atoms with van der Waals surface area (Å²) in [4.78, 5) is 29.8. The van der Waals surface area contributed by atoms with Gasteiger partial charge in [0.2, 0.25) is 5.82 Å². The van der Waals surface area contributed by atoms with Crippen LogP contribution in [0.1, 0.15) is 29.8 Å². The normalized spacial score (nSPS) is 15.4. The van der Waals surface area contributed by atoms with Crippen molar-refractivity contribution in [1.29, 1.82) is 0 Å². The van der Waals surface area contributed by atoms with E-state index in [0.29, 0.717) is 0 Å². The van der Waals surface area contributed by atoms with E-state index in [-0.39, 0.29) is 30.5 Å². The van der Waals surface area contributed by atoms with Crippen LogP contribution in [-0.2, 0) is 45.2 Å². The van der Waals surface area contributed by atoms with E-state index in [0.717, 1.165) is 15.7 Å². The SMILES string of the molecule is O=C(CCCS(=O)(=O)CCn1c(C(F)(F)F)nc2ccccc21)[C@H](O)[C@@H](O)C(=O)N1Cc2ccccc2C1. The maximum atomic E-state index is 13.4. The lowest BCUT2D eigenvalue weighted by atomic mass is 10.0. The first kappa shape index (κ1) is 27.7. The molecule has 0 aliphatic carbocycles. The summed E-state index contributed by atoms with van der Waals surface area (Å²) >= 11 is 0. The molecule has 2 atom stereocenters. The van der Waals surface area contributed by atoms with Crippen LogP contribution in [0.3, 0.4) is 0 Å². The van der Waals surface area contributed by atoms with Gasteiger partial charge in [-0.1, -0.05) is 36.4 Å². The molecule has 3 aromatic rings. The van der Waals surface area contributed by atoms with E-state index in [1.54, 1.807) is 0 Å². The molecule has 0 radical (unpaired) electrons. The van der Waals surface area contributed by atoms with Crippen LogP contribution in [-0.4, -0.2) is 68.5 Å². The van der Waals surface area contributed by atoms with Crippen molar-refractivity contribution in [2.45, 2.75) is 50.9 Å². The van der Waals surface area contributed by atoms with Gasteiger partial charge < -0.3 is 19.7 Å². The third-order valence-electron chi connectivity index (χ3n) is 6.45. The van der Waals surface area contributed by atoms with Gasteiger partial charge in [-0.2, -0.15) is 13.2 Å². The number of amides is 1. The summed E-state index contributed by atoms with van der Waals surface area (Å²) in [6.07, 6.45) is -9.47. The molecule has 0 bridgehead atoms. The van der Waals surface area contributed by atoms with Crippen LogP contribution in [0, 0.1) is 0 Å². The Bertz CT molecular complexity index is 1430. The molecule has 1 aliphatic heterocycles. The van der Waals surface area contributed by atoms with Crippen molar-refractivity contribution in [2.75, 3.05) is 11.5 Å². The summed E-state index contributed by atoms with van der Waals surface area (Å²) in [5.74, 6) is -4.07. The maximum absolute atomic E-state index is 13.4. The highest BCUT2D eigenvalue weighted by Gasteiger charge is 2.38. The number of aliphatic hydroxyl groups is 2. The fraction of sp³-hybridized carbons (Fsp3) is 0.400. The Morgan fingerprint density at radius 2 is 1.55 bits per heavy atom. The number of alkyl halides is 3. The highest BCUT2D eigenvalue weighted by atomic mass is 32.2. The molecule has 2 N–H and O–H groups in total. The summed E-state index contributed by atoms with van der Waals surface area (Å²) in [7, 11) is -3.88. The maximum Gasteiger partial charge on any atom is 0.449 e. The number of sulfone groups is 1. The van der Waals surface area contributed by atoms with E-state index in [1.165, 1.54) is 29.2 Å². The van der Waals surface area contributed by atoms with Gasteiger partial charge in [-0.05, 0) is 29.7 Å². The quantitative estimate of drug-likeness (QED) is 0.393. The van der Waals surface area contributed by atoms with Gasteiger partial charge in [0.25, 0.3) is 5.91 Å². The number of carbonyl (C=O) groups excluding carboxylic acids is 2. The van der Waals surface area contributed by atoms with Crippen molar-refractivity contribution < 1.29 is 41.4 Å². The number of imidazole rings is 1. The molecular weight excluding hydrogens is 527 g/mol. The summed E-state index contributed by atoms with van der Waals surface area (Å²) in [6.45, 7) is -0.0271. The molecular formula is C25H26F3N3O6S. The molecule has 1 amide bonds. The number of ketones is 1. The molecule has 38 heavy (non-hydrogen) atoms. The van der Waals surface area contributed by atoms with E-state index < -0.39 is 70.2 Å². The average Bonchev–Trinajstić information content (AvgIpc) is 3.47. The summed E-state index contributed by atoms with van der Waals surface area (Å²) in [5.41, 5.74) is 2.02. The van der Waals surface area contributed by atoms with Gasteiger partial charge in [0.1, 0.15) is 6.10 Å². The number of rotatable bonds is 10. The molecule has 0 fully saturated rings. The van der Waals surface area contributed by atoms with Crippen LogP contribution < -0.4 is 0 Å². The summed E-state index contributed by atoms with van der Waals surface area (Å²) < 4.78 is 66.1. The Hall–Kier alpha value is -3.29. The molecule has 1 aromatic heterocycles. The van der Waals surface area contributed by atoms with E-state index in [9.17, 15) is 41.4 Å². The van der Waals surface area contributed by atoms with Gasteiger partial charge >= 0.3 is 6.18 Å². The molecule has 0 saturated heterocycles. The van der Waals surface area contributed by atoms with Crippen LogP contribution >= 0.6 is 0 Å². The average molecular weight is 554 g/mol. The molecule has 4 rings (SSSR count). The second kappa shape index (κ2) is 10.8. The number of aryl methyl sites for hydroxylation is 1. The zero-order chi connectivity index (χ0) is 27.7. The number of aromatic nitrogens is 2. The van der Waals surface area contributed by atoms with E-state index in [2.05, 4.69) is 4.98 Å². The van der Waals surface area contributed by atoms with Gasteiger partial charge in [-0.15, -0.1) is 0 Å². The number of para-hydroxylation sites is 2. The zero-order valence-electron chi connectivity index (χ0n) is 20.1. The smallest absolute Gasteiger partial charge is 0.382 e. The number of nitrogens with zero attached hydrogens (tertiary/aromatic N) is 3. The summed E-state index contributed by atoms with van der Waals surface area (Å²) in [5, 5.41) is 20.4. The first-order valence-corrected chi connectivity index (χ1v) is 13.7. The van der Waals surface area contributed by atoms with E-state index >= 15 is 0 Å². The minimum Gasteiger partial charge on any atom is -0.382 e. The lowest BCUT2D eigenvalue weighted by molar-refractivity contribution is -0.152. The summed E-state index contributed by atoms with van der Waals surface area (Å²) in [6, 6.07) is 13.1. The Morgan fingerprint density at radius 3 is 2.18 bits per heavy atom. The highest BCUT2D eigenvalue weighted by molar-refractivity contribution is 7.91. The molecule has 2 aromatic carbocycles. The van der Waals surface area contributed by atoms with Crippen molar-refractivity contribution in [3.63, 3.8) is 0 Å². The number of Topliss-reactive ketones (excluding diaryl/α,β-unsaturated/α-hetero) is 1. The number of hydrogen-bond donors (Lipinski definition) is 2. The number of halogens is 3. The lowest BCUT2D eigenvalue weighted by Crippen LogP contribution is -2.46.